The van der Waals surface area contributed by atoms with Gasteiger partial charge in [-0.05, 0) is 41.2 Å². The van der Waals surface area contributed by atoms with Gasteiger partial charge in [-0.3, -0.25) is 0 Å². The first kappa shape index (κ1) is 22.9. The first-order chi connectivity index (χ1) is 15.9. The summed E-state index contributed by atoms with van der Waals surface area (Å²) in [4.78, 5) is 14.6. The van der Waals surface area contributed by atoms with Crippen molar-refractivity contribution in [2.24, 2.45) is 0 Å². The van der Waals surface area contributed by atoms with Crippen molar-refractivity contribution in [2.75, 3.05) is 19.3 Å². The molecule has 0 radical (unpaired) electrons. The molecular formula is C26H27NO5S. The highest BCUT2D eigenvalue weighted by molar-refractivity contribution is 7.86. The highest BCUT2D eigenvalue weighted by Crippen LogP contribution is 2.40. The van der Waals surface area contributed by atoms with Crippen LogP contribution in [0.15, 0.2) is 84.9 Å². The quantitative estimate of drug-likeness (QED) is 0.483. The second kappa shape index (κ2) is 10.1. The smallest absolute Gasteiger partial charge is 0.410 e. The molecule has 3 aromatic rings. The lowest BCUT2D eigenvalue weighted by molar-refractivity contribution is 0.0826. The van der Waals surface area contributed by atoms with Gasteiger partial charge < -0.3 is 13.8 Å². The fourth-order valence-corrected chi connectivity index (χ4v) is 4.77. The molecule has 7 heteroatoms. The first-order valence-electron chi connectivity index (χ1n) is 10.9. The molecule has 1 fully saturated rings. The van der Waals surface area contributed by atoms with Crippen molar-refractivity contribution >= 4 is 16.2 Å². The largest absolute Gasteiger partial charge is 0.445 e. The maximum absolute atomic E-state index is 12.8. The van der Waals surface area contributed by atoms with Gasteiger partial charge in [0.05, 0.1) is 6.26 Å². The minimum Gasteiger partial charge on any atom is -0.445 e. The molecule has 2 atom stereocenters. The maximum atomic E-state index is 12.8. The average Bonchev–Trinajstić information content (AvgIpc) is 2.83. The molecule has 1 aliphatic heterocycles. The van der Waals surface area contributed by atoms with Gasteiger partial charge in [-0.25, -0.2) is 4.79 Å². The van der Waals surface area contributed by atoms with Gasteiger partial charge in [0.1, 0.15) is 12.4 Å². The van der Waals surface area contributed by atoms with E-state index in [0.29, 0.717) is 18.8 Å². The van der Waals surface area contributed by atoms with Gasteiger partial charge in [-0.15, -0.1) is 0 Å². The van der Waals surface area contributed by atoms with Crippen molar-refractivity contribution in [1.29, 1.82) is 0 Å². The fourth-order valence-electron chi connectivity index (χ4n) is 4.31. The summed E-state index contributed by atoms with van der Waals surface area (Å²) < 4.78 is 33.3. The summed E-state index contributed by atoms with van der Waals surface area (Å²) in [5.41, 5.74) is 3.19. The lowest BCUT2D eigenvalue weighted by atomic mass is 9.77. The minimum atomic E-state index is -3.57. The molecule has 33 heavy (non-hydrogen) atoms. The van der Waals surface area contributed by atoms with E-state index in [9.17, 15) is 13.2 Å². The van der Waals surface area contributed by atoms with E-state index in [1.807, 2.05) is 60.7 Å². The number of ether oxygens (including phenoxy) is 1. The van der Waals surface area contributed by atoms with Crippen LogP contribution in [-0.2, 0) is 21.5 Å². The molecule has 1 aliphatic rings. The Bertz CT molecular complexity index is 1160. The number of piperidine rings is 1. The van der Waals surface area contributed by atoms with Crippen LogP contribution in [0.3, 0.4) is 0 Å². The summed E-state index contributed by atoms with van der Waals surface area (Å²) in [5, 5.41) is 0. The van der Waals surface area contributed by atoms with Crippen LogP contribution in [0.2, 0.25) is 0 Å². The monoisotopic (exact) mass is 465 g/mol. The Morgan fingerprint density at radius 3 is 2.12 bits per heavy atom. The highest BCUT2D eigenvalue weighted by atomic mass is 32.2. The molecular weight excluding hydrogens is 438 g/mol. The molecule has 1 amide bonds. The summed E-state index contributed by atoms with van der Waals surface area (Å²) in [6.45, 7) is 1.38. The van der Waals surface area contributed by atoms with Gasteiger partial charge >= 0.3 is 16.2 Å². The minimum absolute atomic E-state index is 0.0888. The van der Waals surface area contributed by atoms with Crippen LogP contribution in [0.5, 0.6) is 5.75 Å². The zero-order chi connectivity index (χ0) is 23.3. The summed E-state index contributed by atoms with van der Waals surface area (Å²) >= 11 is 0. The first-order valence-corrected chi connectivity index (χ1v) is 12.7. The molecule has 172 valence electrons. The Morgan fingerprint density at radius 2 is 1.48 bits per heavy atom. The zero-order valence-electron chi connectivity index (χ0n) is 18.5. The third-order valence-electron chi connectivity index (χ3n) is 5.86. The molecule has 1 saturated heterocycles. The van der Waals surface area contributed by atoms with Gasteiger partial charge in [0, 0.05) is 19.0 Å². The SMILES string of the molecule is CS(=O)(=O)Oc1ccc(C2CCN(C(=O)OCc3ccccc3)CC2c2ccccc2)cc1. The van der Waals surface area contributed by atoms with Gasteiger partial charge in [-0.2, -0.15) is 8.42 Å². The molecule has 6 nitrogen and oxygen atoms in total. The molecule has 0 N–H and O–H groups in total. The molecule has 4 rings (SSSR count). The Morgan fingerprint density at radius 1 is 0.879 bits per heavy atom. The molecule has 2 unspecified atom stereocenters. The third-order valence-corrected chi connectivity index (χ3v) is 6.35. The van der Waals surface area contributed by atoms with Gasteiger partial charge in [-0.1, -0.05) is 72.8 Å². The topological polar surface area (TPSA) is 72.9 Å². The number of likely N-dealkylation sites (tertiary alicyclic amines) is 1. The van der Waals surface area contributed by atoms with E-state index >= 15 is 0 Å². The Kier molecular flexibility index (Phi) is 6.99. The van der Waals surface area contributed by atoms with Crippen LogP contribution in [0.4, 0.5) is 4.79 Å². The lowest BCUT2D eigenvalue weighted by Gasteiger charge is -2.38. The number of carbonyl (C=O) groups is 1. The van der Waals surface area contributed by atoms with Gasteiger partial charge in [0.2, 0.25) is 0 Å². The molecule has 0 aromatic heterocycles. The molecule has 3 aromatic carbocycles. The van der Waals surface area contributed by atoms with Gasteiger partial charge in [0.15, 0.2) is 0 Å². The van der Waals surface area contributed by atoms with Gasteiger partial charge in [0.25, 0.3) is 0 Å². The average molecular weight is 466 g/mol. The third kappa shape index (κ3) is 6.14. The number of hydrogen-bond acceptors (Lipinski definition) is 5. The van der Waals surface area contributed by atoms with E-state index < -0.39 is 10.1 Å². The normalized spacial score (nSPS) is 18.5. The Balaban J connectivity index is 1.50. The summed E-state index contributed by atoms with van der Waals surface area (Å²) in [7, 11) is -3.57. The molecule has 0 saturated carbocycles. The molecule has 0 bridgehead atoms. The van der Waals surface area contributed by atoms with Crippen molar-refractivity contribution in [3.63, 3.8) is 0 Å². The van der Waals surface area contributed by atoms with E-state index in [4.69, 9.17) is 8.92 Å². The molecule has 1 heterocycles. The Hall–Kier alpha value is -3.32. The number of hydrogen-bond donors (Lipinski definition) is 0. The van der Waals surface area contributed by atoms with Crippen LogP contribution in [0.1, 0.15) is 34.9 Å². The van der Waals surface area contributed by atoms with Crippen LogP contribution < -0.4 is 4.18 Å². The predicted molar refractivity (Wildman–Crippen MR) is 127 cm³/mol. The number of amides is 1. The second-order valence-corrected chi connectivity index (χ2v) is 9.83. The van der Waals surface area contributed by atoms with E-state index in [-0.39, 0.29) is 24.5 Å². The van der Waals surface area contributed by atoms with Crippen LogP contribution in [0.25, 0.3) is 0 Å². The van der Waals surface area contributed by atoms with Crippen molar-refractivity contribution in [1.82, 2.24) is 4.90 Å². The van der Waals surface area contributed by atoms with Crippen LogP contribution in [0, 0.1) is 0 Å². The summed E-state index contributed by atoms with van der Waals surface area (Å²) in [6.07, 6.45) is 1.49. The number of benzene rings is 3. The lowest BCUT2D eigenvalue weighted by Crippen LogP contribution is -2.42. The van der Waals surface area contributed by atoms with Crippen molar-refractivity contribution in [3.8, 4) is 5.75 Å². The van der Waals surface area contributed by atoms with E-state index in [1.54, 1.807) is 17.0 Å². The summed E-state index contributed by atoms with van der Waals surface area (Å²) in [6, 6.07) is 27.0. The zero-order valence-corrected chi connectivity index (χ0v) is 19.3. The van der Waals surface area contributed by atoms with E-state index in [0.717, 1.165) is 29.4 Å². The number of carbonyl (C=O) groups excluding carboxylic acids is 1. The fraction of sp³-hybridized carbons (Fsp3) is 0.269. The van der Waals surface area contributed by atoms with Crippen molar-refractivity contribution in [2.45, 2.75) is 24.9 Å². The van der Waals surface area contributed by atoms with Crippen molar-refractivity contribution in [3.05, 3.63) is 102 Å². The van der Waals surface area contributed by atoms with Crippen molar-refractivity contribution < 1.29 is 22.1 Å². The van der Waals surface area contributed by atoms with E-state index in [1.165, 1.54) is 0 Å². The maximum Gasteiger partial charge on any atom is 0.410 e. The second-order valence-electron chi connectivity index (χ2n) is 8.26. The standard InChI is InChI=1S/C26H27NO5S/c1-33(29,30)32-23-14-12-22(13-15-23)24-16-17-27(18-25(24)21-10-6-3-7-11-21)26(28)31-19-20-8-4-2-5-9-20/h2-15,24-25H,16-19H2,1H3. The predicted octanol–water partition coefficient (Wildman–Crippen LogP) is 4.93. The van der Waals surface area contributed by atoms with E-state index in [2.05, 4.69) is 12.1 Å². The number of nitrogens with zero attached hydrogens (tertiary/aromatic N) is 1. The highest BCUT2D eigenvalue weighted by Gasteiger charge is 2.34. The molecule has 0 aliphatic carbocycles. The molecule has 0 spiro atoms. The number of rotatable bonds is 6. The Labute approximate surface area is 194 Å². The van der Waals surface area contributed by atoms with Crippen LogP contribution >= 0.6 is 0 Å². The summed E-state index contributed by atoms with van der Waals surface area (Å²) in [5.74, 6) is 0.559. The van der Waals surface area contributed by atoms with Crippen LogP contribution in [-0.4, -0.2) is 38.8 Å².